The van der Waals surface area contributed by atoms with Crippen molar-refractivity contribution in [3.05, 3.63) is 29.8 Å². The van der Waals surface area contributed by atoms with Gasteiger partial charge >= 0.3 is 12.0 Å². The topological polar surface area (TPSA) is 69.6 Å². The normalized spacial score (nSPS) is 18.8. The summed E-state index contributed by atoms with van der Waals surface area (Å²) in [5.74, 6) is -0.962. The number of rotatable bonds is 4. The molecule has 1 aliphatic heterocycles. The first-order valence-electron chi connectivity index (χ1n) is 6.03. The maximum absolute atomic E-state index is 11.8. The molecule has 1 aromatic carbocycles. The van der Waals surface area contributed by atoms with Crippen LogP contribution in [0.2, 0.25) is 0 Å². The van der Waals surface area contributed by atoms with Gasteiger partial charge in [-0.3, -0.25) is 4.90 Å². The molecule has 18 heavy (non-hydrogen) atoms. The number of anilines is 1. The summed E-state index contributed by atoms with van der Waals surface area (Å²) in [6.45, 7) is 2.72. The third-order valence-corrected chi connectivity index (χ3v) is 3.04. The van der Waals surface area contributed by atoms with Gasteiger partial charge in [0.05, 0.1) is 5.56 Å². The number of urea groups is 1. The van der Waals surface area contributed by atoms with Crippen molar-refractivity contribution in [1.29, 1.82) is 0 Å². The summed E-state index contributed by atoms with van der Waals surface area (Å²) in [4.78, 5) is 24.2. The van der Waals surface area contributed by atoms with E-state index in [1.165, 1.54) is 12.1 Å². The number of hydrogen-bond donors (Lipinski definition) is 2. The number of carbonyl (C=O) groups excluding carboxylic acids is 1. The standard InChI is InChI=1S/C13H16N2O3/c1-2-3-10-8-15(13(18)14-10)11-6-4-9(5-7-11)12(16)17/h4-7,10H,2-3,8H2,1H3,(H,14,18)(H,16,17). The van der Waals surface area contributed by atoms with E-state index in [2.05, 4.69) is 12.2 Å². The molecule has 1 heterocycles. The Labute approximate surface area is 105 Å². The number of carbonyl (C=O) groups is 2. The summed E-state index contributed by atoms with van der Waals surface area (Å²) in [7, 11) is 0. The Morgan fingerprint density at radius 1 is 1.44 bits per heavy atom. The number of aromatic carboxylic acids is 1. The molecule has 0 spiro atoms. The summed E-state index contributed by atoms with van der Waals surface area (Å²) < 4.78 is 0. The molecule has 0 radical (unpaired) electrons. The number of hydrogen-bond acceptors (Lipinski definition) is 2. The minimum Gasteiger partial charge on any atom is -0.478 e. The van der Waals surface area contributed by atoms with E-state index in [0.717, 1.165) is 18.5 Å². The van der Waals surface area contributed by atoms with E-state index in [4.69, 9.17) is 5.11 Å². The molecule has 2 rings (SSSR count). The lowest BCUT2D eigenvalue weighted by atomic mass is 10.1. The van der Waals surface area contributed by atoms with E-state index in [1.54, 1.807) is 17.0 Å². The Morgan fingerprint density at radius 3 is 2.67 bits per heavy atom. The van der Waals surface area contributed by atoms with Gasteiger partial charge in [0.1, 0.15) is 0 Å². The molecular formula is C13H16N2O3. The van der Waals surface area contributed by atoms with Crippen LogP contribution in [0.15, 0.2) is 24.3 Å². The highest BCUT2D eigenvalue weighted by Gasteiger charge is 2.28. The predicted molar refractivity (Wildman–Crippen MR) is 68.0 cm³/mol. The first-order chi connectivity index (χ1) is 8.61. The van der Waals surface area contributed by atoms with E-state index in [0.29, 0.717) is 6.54 Å². The van der Waals surface area contributed by atoms with Crippen molar-refractivity contribution in [3.8, 4) is 0 Å². The third kappa shape index (κ3) is 2.45. The molecule has 0 bridgehead atoms. The first-order valence-corrected chi connectivity index (χ1v) is 6.03. The SMILES string of the molecule is CCCC1CN(c2ccc(C(=O)O)cc2)C(=O)N1. The van der Waals surface area contributed by atoms with Crippen molar-refractivity contribution >= 4 is 17.7 Å². The quantitative estimate of drug-likeness (QED) is 0.857. The maximum atomic E-state index is 11.8. The molecule has 1 atom stereocenters. The zero-order valence-electron chi connectivity index (χ0n) is 10.2. The average Bonchev–Trinajstić information content (AvgIpc) is 2.71. The Balaban J connectivity index is 2.12. The monoisotopic (exact) mass is 248 g/mol. The molecule has 1 unspecified atom stereocenters. The van der Waals surface area contributed by atoms with Crippen molar-refractivity contribution in [2.75, 3.05) is 11.4 Å². The average molecular weight is 248 g/mol. The van der Waals surface area contributed by atoms with Crippen LogP contribution in [-0.4, -0.2) is 29.7 Å². The molecule has 1 saturated heterocycles. The van der Waals surface area contributed by atoms with Crippen molar-refractivity contribution < 1.29 is 14.7 Å². The van der Waals surface area contributed by atoms with Gasteiger partial charge in [-0.05, 0) is 30.7 Å². The Morgan fingerprint density at radius 2 is 2.11 bits per heavy atom. The highest BCUT2D eigenvalue weighted by molar-refractivity contribution is 5.95. The lowest BCUT2D eigenvalue weighted by Crippen LogP contribution is -2.28. The first kappa shape index (κ1) is 12.4. The van der Waals surface area contributed by atoms with Crippen molar-refractivity contribution in [3.63, 3.8) is 0 Å². The minimum atomic E-state index is -0.962. The molecule has 1 aromatic rings. The summed E-state index contributed by atoms with van der Waals surface area (Å²) in [6.07, 6.45) is 1.98. The fourth-order valence-electron chi connectivity index (χ4n) is 2.12. The number of benzene rings is 1. The van der Waals surface area contributed by atoms with Crippen molar-refractivity contribution in [2.24, 2.45) is 0 Å². The molecule has 96 valence electrons. The highest BCUT2D eigenvalue weighted by atomic mass is 16.4. The van der Waals surface area contributed by atoms with Crippen LogP contribution < -0.4 is 10.2 Å². The van der Waals surface area contributed by atoms with Crippen LogP contribution >= 0.6 is 0 Å². The number of nitrogens with one attached hydrogen (secondary N) is 1. The summed E-state index contributed by atoms with van der Waals surface area (Å²) in [5, 5.41) is 11.7. The fourth-order valence-corrected chi connectivity index (χ4v) is 2.12. The molecule has 1 aliphatic rings. The predicted octanol–water partition coefficient (Wildman–Crippen LogP) is 2.08. The van der Waals surface area contributed by atoms with Crippen LogP contribution in [0.3, 0.4) is 0 Å². The van der Waals surface area contributed by atoms with Crippen LogP contribution in [0.25, 0.3) is 0 Å². The minimum absolute atomic E-state index is 0.114. The van der Waals surface area contributed by atoms with Gasteiger partial charge in [-0.25, -0.2) is 9.59 Å². The number of nitrogens with zero attached hydrogens (tertiary/aromatic N) is 1. The van der Waals surface area contributed by atoms with Gasteiger partial charge in [0.2, 0.25) is 0 Å². The second-order valence-corrected chi connectivity index (χ2v) is 4.40. The van der Waals surface area contributed by atoms with Gasteiger partial charge in [-0.2, -0.15) is 0 Å². The smallest absolute Gasteiger partial charge is 0.335 e. The zero-order chi connectivity index (χ0) is 13.1. The molecular weight excluding hydrogens is 232 g/mol. The Kier molecular flexibility index (Phi) is 3.50. The molecule has 0 aliphatic carbocycles. The number of carboxylic acids is 1. The van der Waals surface area contributed by atoms with Crippen molar-refractivity contribution in [2.45, 2.75) is 25.8 Å². The summed E-state index contributed by atoms with van der Waals surface area (Å²) in [6, 6.07) is 6.42. The third-order valence-electron chi connectivity index (χ3n) is 3.04. The lowest BCUT2D eigenvalue weighted by molar-refractivity contribution is 0.0697. The van der Waals surface area contributed by atoms with Gasteiger partial charge in [0, 0.05) is 18.3 Å². The van der Waals surface area contributed by atoms with Gasteiger partial charge in [-0.15, -0.1) is 0 Å². The summed E-state index contributed by atoms with van der Waals surface area (Å²) in [5.41, 5.74) is 0.958. The molecule has 5 heteroatoms. The van der Waals surface area contributed by atoms with Crippen LogP contribution in [0.5, 0.6) is 0 Å². The van der Waals surface area contributed by atoms with E-state index in [1.807, 2.05) is 0 Å². The number of carboxylic acid groups (broad SMARTS) is 1. The second kappa shape index (κ2) is 5.08. The molecule has 1 fully saturated rings. The largest absolute Gasteiger partial charge is 0.478 e. The molecule has 2 N–H and O–H groups in total. The van der Waals surface area contributed by atoms with Crippen molar-refractivity contribution in [1.82, 2.24) is 5.32 Å². The van der Waals surface area contributed by atoms with Crippen LogP contribution in [-0.2, 0) is 0 Å². The lowest BCUT2D eigenvalue weighted by Gasteiger charge is -2.14. The highest BCUT2D eigenvalue weighted by Crippen LogP contribution is 2.20. The molecule has 0 aromatic heterocycles. The Bertz CT molecular complexity index is 456. The van der Waals surface area contributed by atoms with E-state index in [-0.39, 0.29) is 17.6 Å². The molecule has 5 nitrogen and oxygen atoms in total. The van der Waals surface area contributed by atoms with Gasteiger partial charge in [0.15, 0.2) is 0 Å². The number of amides is 2. The van der Waals surface area contributed by atoms with Crippen LogP contribution in [0, 0.1) is 0 Å². The van der Waals surface area contributed by atoms with Crippen LogP contribution in [0.1, 0.15) is 30.1 Å². The van der Waals surface area contributed by atoms with Gasteiger partial charge in [-0.1, -0.05) is 13.3 Å². The second-order valence-electron chi connectivity index (χ2n) is 4.40. The van der Waals surface area contributed by atoms with E-state index in [9.17, 15) is 9.59 Å². The molecule has 2 amide bonds. The Hall–Kier alpha value is -2.04. The molecule has 0 saturated carbocycles. The maximum Gasteiger partial charge on any atom is 0.335 e. The summed E-state index contributed by atoms with van der Waals surface area (Å²) >= 11 is 0. The van der Waals surface area contributed by atoms with Crippen LogP contribution in [0.4, 0.5) is 10.5 Å². The van der Waals surface area contributed by atoms with E-state index >= 15 is 0 Å². The fraction of sp³-hybridized carbons (Fsp3) is 0.385. The van der Waals surface area contributed by atoms with Gasteiger partial charge in [0.25, 0.3) is 0 Å². The van der Waals surface area contributed by atoms with Gasteiger partial charge < -0.3 is 10.4 Å². The van der Waals surface area contributed by atoms with E-state index < -0.39 is 5.97 Å². The zero-order valence-corrected chi connectivity index (χ0v) is 10.2.